The molecule has 1 saturated carbocycles. The normalized spacial score (nSPS) is 19.0. The zero-order valence-electron chi connectivity index (χ0n) is 21.2. The predicted octanol–water partition coefficient (Wildman–Crippen LogP) is 6.03. The third-order valence-electron chi connectivity index (χ3n) is 7.75. The molecule has 6 rings (SSSR count). The van der Waals surface area contributed by atoms with Gasteiger partial charge < -0.3 is 9.47 Å². The lowest BCUT2D eigenvalue weighted by molar-refractivity contribution is 0.0792. The van der Waals surface area contributed by atoms with E-state index in [0.29, 0.717) is 28.2 Å². The Labute approximate surface area is 221 Å². The van der Waals surface area contributed by atoms with Crippen LogP contribution in [0.25, 0.3) is 11.1 Å². The highest BCUT2D eigenvalue weighted by atomic mass is 16.5. The molecular weight excluding hydrogens is 476 g/mol. The van der Waals surface area contributed by atoms with Gasteiger partial charge in [0.1, 0.15) is 5.41 Å². The van der Waals surface area contributed by atoms with Gasteiger partial charge in [0.2, 0.25) is 0 Å². The number of carbonyl (C=O) groups excluding carboxylic acids is 2. The molecule has 2 heterocycles. The molecule has 0 aliphatic heterocycles. The van der Waals surface area contributed by atoms with Crippen molar-refractivity contribution < 1.29 is 19.1 Å². The molecule has 2 aromatic heterocycles. The van der Waals surface area contributed by atoms with Gasteiger partial charge in [0.15, 0.2) is 23.1 Å². The molecule has 2 aromatic carbocycles. The van der Waals surface area contributed by atoms with E-state index in [1.165, 1.54) is 0 Å². The molecule has 38 heavy (non-hydrogen) atoms. The molecule has 2 aliphatic rings. The topological polar surface area (TPSA) is 78.4 Å². The van der Waals surface area contributed by atoms with Crippen LogP contribution in [0.4, 0.5) is 0 Å². The summed E-state index contributed by atoms with van der Waals surface area (Å²) in [7, 11) is 1.60. The maximum atomic E-state index is 14.4. The van der Waals surface area contributed by atoms with Crippen LogP contribution < -0.4 is 9.47 Å². The van der Waals surface area contributed by atoms with Crippen LogP contribution in [0.1, 0.15) is 57.5 Å². The molecule has 1 atom stereocenters. The number of ketones is 2. The van der Waals surface area contributed by atoms with Crippen LogP contribution >= 0.6 is 0 Å². The fraction of sp³-hybridized carbons (Fsp3) is 0.250. The number of methoxy groups -OCH3 is 1. The van der Waals surface area contributed by atoms with E-state index in [1.807, 2.05) is 48.5 Å². The van der Waals surface area contributed by atoms with E-state index in [9.17, 15) is 9.59 Å². The molecule has 0 bridgehead atoms. The summed E-state index contributed by atoms with van der Waals surface area (Å²) in [5.74, 6) is 0.744. The molecule has 0 saturated heterocycles. The summed E-state index contributed by atoms with van der Waals surface area (Å²) >= 11 is 0. The zero-order chi connectivity index (χ0) is 26.1. The van der Waals surface area contributed by atoms with E-state index < -0.39 is 5.41 Å². The van der Waals surface area contributed by atoms with Crippen LogP contribution in [0.5, 0.6) is 11.5 Å². The fourth-order valence-corrected chi connectivity index (χ4v) is 5.76. The number of Topliss-reactive ketones (excluding diaryl/α,β-unsaturated/α-hetero) is 2. The second-order valence-corrected chi connectivity index (χ2v) is 9.99. The number of rotatable bonds is 7. The summed E-state index contributed by atoms with van der Waals surface area (Å²) in [6, 6.07) is 18.4. The quantitative estimate of drug-likeness (QED) is 0.286. The second kappa shape index (κ2) is 9.86. The summed E-state index contributed by atoms with van der Waals surface area (Å²) in [6.45, 7) is 0. The van der Waals surface area contributed by atoms with Gasteiger partial charge in [-0.2, -0.15) is 0 Å². The van der Waals surface area contributed by atoms with Crippen LogP contribution in [0.15, 0.2) is 85.5 Å². The lowest BCUT2D eigenvalue weighted by atomic mass is 9.71. The predicted molar refractivity (Wildman–Crippen MR) is 144 cm³/mol. The van der Waals surface area contributed by atoms with Gasteiger partial charge in [-0.3, -0.25) is 19.6 Å². The Morgan fingerprint density at radius 2 is 1.61 bits per heavy atom. The first-order chi connectivity index (χ1) is 18.6. The standard InChI is InChI=1S/C32H28N2O4/c1-37-28-11-9-24(18-29(28)38-25-6-2-3-7-25)32(19-21-12-15-33-16-13-21)30(35)26-10-8-22(17-27(26)31(32)36)23-5-4-14-34-20-23/h4-5,8-18,20,25H,2-3,6-7,19H2,1H3. The third-order valence-corrected chi connectivity index (χ3v) is 7.75. The summed E-state index contributed by atoms with van der Waals surface area (Å²) in [4.78, 5) is 37.0. The number of hydrogen-bond donors (Lipinski definition) is 0. The minimum absolute atomic E-state index is 0.101. The number of hydrogen-bond acceptors (Lipinski definition) is 6. The van der Waals surface area contributed by atoms with Crippen molar-refractivity contribution in [3.8, 4) is 22.6 Å². The number of fused-ring (bicyclic) bond motifs is 1. The molecular formula is C32H28N2O4. The molecule has 0 spiro atoms. The Morgan fingerprint density at radius 3 is 2.34 bits per heavy atom. The van der Waals surface area contributed by atoms with Gasteiger partial charge in [0, 0.05) is 41.5 Å². The molecule has 1 unspecified atom stereocenters. The number of ether oxygens (including phenoxy) is 2. The van der Waals surface area contributed by atoms with Crippen molar-refractivity contribution in [2.24, 2.45) is 0 Å². The van der Waals surface area contributed by atoms with E-state index in [2.05, 4.69) is 9.97 Å². The Balaban J connectivity index is 1.49. The second-order valence-electron chi connectivity index (χ2n) is 9.99. The van der Waals surface area contributed by atoms with Gasteiger partial charge in [0.05, 0.1) is 13.2 Å². The largest absolute Gasteiger partial charge is 0.493 e. The van der Waals surface area contributed by atoms with Crippen molar-refractivity contribution in [1.29, 1.82) is 0 Å². The van der Waals surface area contributed by atoms with Crippen LogP contribution in [-0.4, -0.2) is 34.7 Å². The summed E-state index contributed by atoms with van der Waals surface area (Å²) in [5, 5.41) is 0. The first-order valence-corrected chi connectivity index (χ1v) is 13.0. The molecule has 6 heteroatoms. The summed E-state index contributed by atoms with van der Waals surface area (Å²) < 4.78 is 11.9. The summed E-state index contributed by atoms with van der Waals surface area (Å²) in [5.41, 5.74) is 2.65. The molecule has 0 N–H and O–H groups in total. The van der Waals surface area contributed by atoms with Crippen molar-refractivity contribution in [1.82, 2.24) is 9.97 Å². The van der Waals surface area contributed by atoms with Crippen LogP contribution in [0, 0.1) is 0 Å². The Bertz CT molecular complexity index is 1500. The number of nitrogens with zero attached hydrogens (tertiary/aromatic N) is 2. The Morgan fingerprint density at radius 1 is 0.816 bits per heavy atom. The molecule has 4 aromatic rings. The van der Waals surface area contributed by atoms with Gasteiger partial charge in [-0.25, -0.2) is 0 Å². The van der Waals surface area contributed by atoms with E-state index in [0.717, 1.165) is 42.4 Å². The highest BCUT2D eigenvalue weighted by Crippen LogP contribution is 2.46. The minimum Gasteiger partial charge on any atom is -0.493 e. The Hall–Kier alpha value is -4.32. The smallest absolute Gasteiger partial charge is 0.182 e. The average molecular weight is 505 g/mol. The van der Waals surface area contributed by atoms with Gasteiger partial charge in [0.25, 0.3) is 0 Å². The third kappa shape index (κ3) is 4.06. The maximum Gasteiger partial charge on any atom is 0.182 e. The highest BCUT2D eigenvalue weighted by molar-refractivity contribution is 6.33. The van der Waals surface area contributed by atoms with Crippen LogP contribution in [-0.2, 0) is 11.8 Å². The van der Waals surface area contributed by atoms with Crippen molar-refractivity contribution in [2.75, 3.05) is 7.11 Å². The van der Waals surface area contributed by atoms with Crippen molar-refractivity contribution in [3.63, 3.8) is 0 Å². The van der Waals surface area contributed by atoms with E-state index in [-0.39, 0.29) is 24.1 Å². The van der Waals surface area contributed by atoms with E-state index >= 15 is 0 Å². The fourth-order valence-electron chi connectivity index (χ4n) is 5.76. The van der Waals surface area contributed by atoms with Crippen molar-refractivity contribution in [2.45, 2.75) is 43.6 Å². The molecule has 1 fully saturated rings. The Kier molecular flexibility index (Phi) is 6.24. The first-order valence-electron chi connectivity index (χ1n) is 13.0. The maximum absolute atomic E-state index is 14.4. The van der Waals surface area contributed by atoms with Gasteiger partial charge in [-0.1, -0.05) is 24.3 Å². The van der Waals surface area contributed by atoms with Crippen molar-refractivity contribution in [3.05, 3.63) is 108 Å². The number of pyridine rings is 2. The van der Waals surface area contributed by atoms with Gasteiger partial charge in [-0.05, 0) is 85.2 Å². The molecule has 6 nitrogen and oxygen atoms in total. The SMILES string of the molecule is COc1ccc(C2(Cc3ccncc3)C(=O)c3ccc(-c4cccnc4)cc3C2=O)cc1OC1CCCC1. The lowest BCUT2D eigenvalue weighted by Crippen LogP contribution is -2.40. The lowest BCUT2D eigenvalue weighted by Gasteiger charge is -2.28. The molecule has 0 radical (unpaired) electrons. The highest BCUT2D eigenvalue weighted by Gasteiger charge is 2.54. The average Bonchev–Trinajstić information content (AvgIpc) is 3.55. The first kappa shape index (κ1) is 24.0. The molecule has 0 amide bonds. The molecule has 2 aliphatic carbocycles. The monoisotopic (exact) mass is 504 g/mol. The zero-order valence-corrected chi connectivity index (χ0v) is 21.2. The van der Waals surface area contributed by atoms with E-state index in [1.54, 1.807) is 44.0 Å². The van der Waals surface area contributed by atoms with Gasteiger partial charge >= 0.3 is 0 Å². The van der Waals surface area contributed by atoms with Crippen molar-refractivity contribution >= 4 is 11.6 Å². The molecule has 190 valence electrons. The van der Waals surface area contributed by atoms with Crippen LogP contribution in [0.2, 0.25) is 0 Å². The minimum atomic E-state index is -1.42. The number of aromatic nitrogens is 2. The van der Waals surface area contributed by atoms with Crippen LogP contribution in [0.3, 0.4) is 0 Å². The number of benzene rings is 2. The number of carbonyl (C=O) groups is 2. The van der Waals surface area contributed by atoms with E-state index in [4.69, 9.17) is 9.47 Å². The summed E-state index contributed by atoms with van der Waals surface area (Å²) in [6.07, 6.45) is 11.4. The van der Waals surface area contributed by atoms with Gasteiger partial charge in [-0.15, -0.1) is 0 Å².